The first kappa shape index (κ1) is 14.3. The molecule has 1 aromatic rings. The Kier molecular flexibility index (Phi) is 4.06. The predicted octanol–water partition coefficient (Wildman–Crippen LogP) is 2.84. The number of halogens is 4. The zero-order valence-corrected chi connectivity index (χ0v) is 10.2. The van der Waals surface area contributed by atoms with Crippen LogP contribution in [0.1, 0.15) is 11.1 Å². The summed E-state index contributed by atoms with van der Waals surface area (Å²) in [4.78, 5) is 0. The third kappa shape index (κ3) is 4.93. The quantitative estimate of drug-likeness (QED) is 0.803. The highest BCUT2D eigenvalue weighted by molar-refractivity contribution is 7.85. The van der Waals surface area contributed by atoms with E-state index in [0.717, 1.165) is 18.4 Å². The minimum atomic E-state index is -4.54. The van der Waals surface area contributed by atoms with E-state index in [9.17, 15) is 21.6 Å². The maximum absolute atomic E-state index is 12.4. The molecule has 0 amide bonds. The molecule has 0 atom stereocenters. The molecule has 96 valence electrons. The van der Waals surface area contributed by atoms with E-state index in [1.807, 2.05) is 0 Å². The fourth-order valence-electron chi connectivity index (χ4n) is 1.07. The smallest absolute Gasteiger partial charge is 0.265 e. The van der Waals surface area contributed by atoms with Crippen LogP contribution in [-0.4, -0.2) is 14.7 Å². The Labute approximate surface area is 101 Å². The molecule has 0 N–H and O–H groups in total. The lowest BCUT2D eigenvalue weighted by atomic mass is 10.1. The molecular formula is C9H8ClF3O3S. The minimum Gasteiger partial charge on any atom is -0.265 e. The first-order valence-corrected chi connectivity index (χ1v) is 6.48. The fourth-order valence-corrected chi connectivity index (χ4v) is 1.68. The summed E-state index contributed by atoms with van der Waals surface area (Å²) in [5, 5.41) is -0.132. The second-order valence-electron chi connectivity index (χ2n) is 3.31. The highest BCUT2D eigenvalue weighted by atomic mass is 35.5. The molecule has 0 radical (unpaired) electrons. The summed E-state index contributed by atoms with van der Waals surface area (Å²) in [6, 6.07) is 2.75. The van der Waals surface area contributed by atoms with Crippen molar-refractivity contribution in [2.45, 2.75) is 12.8 Å². The summed E-state index contributed by atoms with van der Waals surface area (Å²) >= 11 is 5.50. The molecule has 3 nitrogen and oxygen atoms in total. The van der Waals surface area contributed by atoms with Gasteiger partial charge in [0.1, 0.15) is 0 Å². The molecule has 0 aromatic heterocycles. The van der Waals surface area contributed by atoms with Gasteiger partial charge in [-0.05, 0) is 23.8 Å². The lowest BCUT2D eigenvalue weighted by Crippen LogP contribution is -2.07. The number of rotatable bonds is 3. The van der Waals surface area contributed by atoms with Crippen LogP contribution in [0.5, 0.6) is 0 Å². The van der Waals surface area contributed by atoms with Crippen molar-refractivity contribution < 1.29 is 25.8 Å². The first-order chi connectivity index (χ1) is 7.58. The van der Waals surface area contributed by atoms with Gasteiger partial charge in [-0.15, -0.1) is 0 Å². The van der Waals surface area contributed by atoms with Gasteiger partial charge in [0.15, 0.2) is 0 Å². The second-order valence-corrected chi connectivity index (χ2v) is 5.39. The van der Waals surface area contributed by atoms with Gasteiger partial charge in [0.25, 0.3) is 10.1 Å². The van der Waals surface area contributed by atoms with Crippen molar-refractivity contribution in [1.29, 1.82) is 0 Å². The molecule has 0 bridgehead atoms. The molecular weight excluding hydrogens is 281 g/mol. The number of benzene rings is 1. The number of alkyl halides is 3. The number of hydrogen-bond donors (Lipinski definition) is 0. The Bertz CT molecular complexity index is 511. The van der Waals surface area contributed by atoms with Crippen molar-refractivity contribution in [3.8, 4) is 0 Å². The van der Waals surface area contributed by atoms with E-state index in [1.54, 1.807) is 0 Å². The Morgan fingerprint density at radius 2 is 1.88 bits per heavy atom. The van der Waals surface area contributed by atoms with Gasteiger partial charge in [0.2, 0.25) is 0 Å². The van der Waals surface area contributed by atoms with E-state index in [-0.39, 0.29) is 10.6 Å². The largest absolute Gasteiger partial charge is 0.416 e. The lowest BCUT2D eigenvalue weighted by molar-refractivity contribution is -0.137. The van der Waals surface area contributed by atoms with Gasteiger partial charge in [0, 0.05) is 5.02 Å². The van der Waals surface area contributed by atoms with Crippen LogP contribution in [0.25, 0.3) is 0 Å². The monoisotopic (exact) mass is 288 g/mol. The van der Waals surface area contributed by atoms with Crippen molar-refractivity contribution in [3.63, 3.8) is 0 Å². The Morgan fingerprint density at radius 1 is 1.29 bits per heavy atom. The molecule has 17 heavy (non-hydrogen) atoms. The van der Waals surface area contributed by atoms with Gasteiger partial charge in [-0.2, -0.15) is 21.6 Å². The van der Waals surface area contributed by atoms with Crippen molar-refractivity contribution in [3.05, 3.63) is 34.3 Å². The Balaban J connectivity index is 2.98. The second kappa shape index (κ2) is 4.83. The lowest BCUT2D eigenvalue weighted by Gasteiger charge is -2.09. The molecule has 8 heteroatoms. The Hall–Kier alpha value is -0.790. The van der Waals surface area contributed by atoms with Gasteiger partial charge in [-0.25, -0.2) is 0 Å². The molecule has 0 unspecified atom stereocenters. The van der Waals surface area contributed by atoms with Crippen LogP contribution in [0.15, 0.2) is 18.2 Å². The SMILES string of the molecule is CS(=O)(=O)OCc1cc(Cl)cc(C(F)(F)F)c1. The van der Waals surface area contributed by atoms with Gasteiger partial charge in [-0.1, -0.05) is 11.6 Å². The van der Waals surface area contributed by atoms with Gasteiger partial charge < -0.3 is 0 Å². The molecule has 0 aliphatic heterocycles. The highest BCUT2D eigenvalue weighted by Gasteiger charge is 2.31. The van der Waals surface area contributed by atoms with E-state index in [0.29, 0.717) is 0 Å². The summed E-state index contributed by atoms with van der Waals surface area (Å²) in [7, 11) is -3.71. The standard InChI is InChI=1S/C9H8ClF3O3S/c1-17(14,15)16-5-6-2-7(9(11,12)13)4-8(10)3-6/h2-4H,5H2,1H3. The summed E-state index contributed by atoms with van der Waals surface area (Å²) in [6.45, 7) is -0.484. The molecule has 0 aliphatic rings. The number of hydrogen-bond acceptors (Lipinski definition) is 3. The zero-order chi connectivity index (χ0) is 13.3. The Morgan fingerprint density at radius 3 is 2.35 bits per heavy atom. The van der Waals surface area contributed by atoms with E-state index in [4.69, 9.17) is 11.6 Å². The molecule has 0 fully saturated rings. The van der Waals surface area contributed by atoms with Crippen LogP contribution >= 0.6 is 11.6 Å². The van der Waals surface area contributed by atoms with E-state index in [2.05, 4.69) is 4.18 Å². The summed E-state index contributed by atoms with van der Waals surface area (Å²) < 4.78 is 63.0. The normalized spacial score (nSPS) is 12.8. The fraction of sp³-hybridized carbons (Fsp3) is 0.333. The van der Waals surface area contributed by atoms with Crippen molar-refractivity contribution >= 4 is 21.7 Å². The minimum absolute atomic E-state index is 0.0373. The van der Waals surface area contributed by atoms with Crippen LogP contribution in [0.4, 0.5) is 13.2 Å². The van der Waals surface area contributed by atoms with E-state index in [1.165, 1.54) is 6.07 Å². The molecule has 1 aromatic carbocycles. The predicted molar refractivity (Wildman–Crippen MR) is 56.1 cm³/mol. The molecule has 0 saturated heterocycles. The first-order valence-electron chi connectivity index (χ1n) is 4.29. The van der Waals surface area contributed by atoms with Crippen LogP contribution in [0.2, 0.25) is 5.02 Å². The van der Waals surface area contributed by atoms with Crippen LogP contribution in [-0.2, 0) is 27.1 Å². The highest BCUT2D eigenvalue weighted by Crippen LogP contribution is 2.32. The summed E-state index contributed by atoms with van der Waals surface area (Å²) in [5.74, 6) is 0. The van der Waals surface area contributed by atoms with Gasteiger partial charge in [0.05, 0.1) is 18.4 Å². The van der Waals surface area contributed by atoms with E-state index >= 15 is 0 Å². The third-order valence-electron chi connectivity index (χ3n) is 1.72. The topological polar surface area (TPSA) is 43.4 Å². The van der Waals surface area contributed by atoms with Gasteiger partial charge in [-0.3, -0.25) is 4.18 Å². The average molecular weight is 289 g/mol. The molecule has 0 heterocycles. The summed E-state index contributed by atoms with van der Waals surface area (Å²) in [6.07, 6.45) is -3.73. The van der Waals surface area contributed by atoms with E-state index < -0.39 is 28.5 Å². The molecule has 1 rings (SSSR count). The summed E-state index contributed by atoms with van der Waals surface area (Å²) in [5.41, 5.74) is -0.910. The molecule has 0 spiro atoms. The van der Waals surface area contributed by atoms with Crippen LogP contribution in [0.3, 0.4) is 0 Å². The zero-order valence-electron chi connectivity index (χ0n) is 8.58. The van der Waals surface area contributed by atoms with Crippen LogP contribution < -0.4 is 0 Å². The molecule has 0 aliphatic carbocycles. The van der Waals surface area contributed by atoms with Crippen LogP contribution in [0, 0.1) is 0 Å². The van der Waals surface area contributed by atoms with Gasteiger partial charge >= 0.3 is 6.18 Å². The molecule has 0 saturated carbocycles. The average Bonchev–Trinajstić information content (AvgIpc) is 2.11. The maximum Gasteiger partial charge on any atom is 0.416 e. The van der Waals surface area contributed by atoms with Crippen molar-refractivity contribution in [2.75, 3.05) is 6.26 Å². The van der Waals surface area contributed by atoms with Crippen molar-refractivity contribution in [1.82, 2.24) is 0 Å². The third-order valence-corrected chi connectivity index (χ3v) is 2.49. The maximum atomic E-state index is 12.4. The van der Waals surface area contributed by atoms with Crippen molar-refractivity contribution in [2.24, 2.45) is 0 Å².